The second kappa shape index (κ2) is 6.68. The summed E-state index contributed by atoms with van der Waals surface area (Å²) in [5.41, 5.74) is 3.54. The fourth-order valence-electron chi connectivity index (χ4n) is 1.62. The second-order valence-corrected chi connectivity index (χ2v) is 3.80. The van der Waals surface area contributed by atoms with Gasteiger partial charge in [-0.1, -0.05) is 18.2 Å². The zero-order valence-electron chi connectivity index (χ0n) is 9.99. The van der Waals surface area contributed by atoms with Crippen LogP contribution in [0.5, 0.6) is 5.75 Å². The number of para-hydroxylation sites is 1. The molecule has 0 saturated carbocycles. The normalized spacial score (nSPS) is 12.1. The molecule has 0 bridgehead atoms. The summed E-state index contributed by atoms with van der Waals surface area (Å²) in [7, 11) is 0. The highest BCUT2D eigenvalue weighted by molar-refractivity contribution is 5.20. The summed E-state index contributed by atoms with van der Waals surface area (Å²) in [6.45, 7) is 0.565. The standard InChI is InChI=1S/C13H16N4O/c14-17-12(13-10-15-7-8-16-13)6-9-18-11-4-2-1-3-5-11/h1-5,7-8,10,12,17H,6,9,14H2. The van der Waals surface area contributed by atoms with Gasteiger partial charge in [-0.25, -0.2) is 0 Å². The highest BCUT2D eigenvalue weighted by Crippen LogP contribution is 2.14. The molecular weight excluding hydrogens is 228 g/mol. The summed E-state index contributed by atoms with van der Waals surface area (Å²) in [5, 5.41) is 0. The third-order valence-electron chi connectivity index (χ3n) is 2.56. The van der Waals surface area contributed by atoms with E-state index in [0.717, 1.165) is 17.9 Å². The minimum absolute atomic E-state index is 0.0533. The quantitative estimate of drug-likeness (QED) is 0.594. The number of hydrogen-bond donors (Lipinski definition) is 2. The second-order valence-electron chi connectivity index (χ2n) is 3.80. The average molecular weight is 244 g/mol. The first-order chi connectivity index (χ1) is 8.90. The van der Waals surface area contributed by atoms with Gasteiger partial charge in [-0.05, 0) is 12.1 Å². The third-order valence-corrected chi connectivity index (χ3v) is 2.56. The molecule has 94 valence electrons. The van der Waals surface area contributed by atoms with Crippen LogP contribution in [0.4, 0.5) is 0 Å². The molecule has 0 spiro atoms. The van der Waals surface area contributed by atoms with Crippen molar-refractivity contribution in [1.82, 2.24) is 15.4 Å². The van der Waals surface area contributed by atoms with E-state index in [4.69, 9.17) is 10.6 Å². The Hall–Kier alpha value is -1.98. The Balaban J connectivity index is 1.85. The van der Waals surface area contributed by atoms with Crippen molar-refractivity contribution in [3.05, 3.63) is 54.6 Å². The molecule has 3 N–H and O–H groups in total. The number of benzene rings is 1. The van der Waals surface area contributed by atoms with Crippen LogP contribution >= 0.6 is 0 Å². The molecule has 2 rings (SSSR count). The maximum atomic E-state index is 5.62. The number of nitrogens with zero attached hydrogens (tertiary/aromatic N) is 2. The Labute approximate surface area is 106 Å². The number of hydrazine groups is 1. The SMILES string of the molecule is NNC(CCOc1ccccc1)c1cnccn1. The van der Waals surface area contributed by atoms with E-state index in [1.807, 2.05) is 30.3 Å². The highest BCUT2D eigenvalue weighted by atomic mass is 16.5. The van der Waals surface area contributed by atoms with Crippen molar-refractivity contribution < 1.29 is 4.74 Å². The van der Waals surface area contributed by atoms with Gasteiger partial charge < -0.3 is 4.74 Å². The number of nitrogens with one attached hydrogen (secondary N) is 1. The van der Waals surface area contributed by atoms with E-state index in [-0.39, 0.29) is 6.04 Å². The van der Waals surface area contributed by atoms with Crippen molar-refractivity contribution in [1.29, 1.82) is 0 Å². The lowest BCUT2D eigenvalue weighted by atomic mass is 10.1. The molecule has 18 heavy (non-hydrogen) atoms. The summed E-state index contributed by atoms with van der Waals surface area (Å²) in [4.78, 5) is 8.24. The average Bonchev–Trinajstić information content (AvgIpc) is 2.46. The van der Waals surface area contributed by atoms with Gasteiger partial charge in [-0.15, -0.1) is 0 Å². The van der Waals surface area contributed by atoms with Crippen molar-refractivity contribution in [2.45, 2.75) is 12.5 Å². The monoisotopic (exact) mass is 244 g/mol. The van der Waals surface area contributed by atoms with Crippen LogP contribution in [0.25, 0.3) is 0 Å². The number of nitrogens with two attached hydrogens (primary N) is 1. The first-order valence-corrected chi connectivity index (χ1v) is 5.80. The van der Waals surface area contributed by atoms with E-state index in [0.29, 0.717) is 6.61 Å². The Kier molecular flexibility index (Phi) is 4.63. The summed E-state index contributed by atoms with van der Waals surface area (Å²) in [6, 6.07) is 9.63. The maximum Gasteiger partial charge on any atom is 0.119 e. The summed E-state index contributed by atoms with van der Waals surface area (Å²) in [6.07, 6.45) is 5.71. The van der Waals surface area contributed by atoms with Crippen LogP contribution in [0.3, 0.4) is 0 Å². The summed E-state index contributed by atoms with van der Waals surface area (Å²) in [5.74, 6) is 6.37. The smallest absolute Gasteiger partial charge is 0.119 e. The van der Waals surface area contributed by atoms with Crippen molar-refractivity contribution in [2.75, 3.05) is 6.61 Å². The van der Waals surface area contributed by atoms with Gasteiger partial charge in [0.1, 0.15) is 5.75 Å². The summed E-state index contributed by atoms with van der Waals surface area (Å²) < 4.78 is 5.62. The van der Waals surface area contributed by atoms with Crippen molar-refractivity contribution in [3.8, 4) is 5.75 Å². The van der Waals surface area contributed by atoms with Crippen LogP contribution in [0, 0.1) is 0 Å². The zero-order valence-corrected chi connectivity index (χ0v) is 9.99. The van der Waals surface area contributed by atoms with Gasteiger partial charge in [0.2, 0.25) is 0 Å². The van der Waals surface area contributed by atoms with E-state index in [1.165, 1.54) is 0 Å². The first-order valence-electron chi connectivity index (χ1n) is 5.80. The van der Waals surface area contributed by atoms with Crippen molar-refractivity contribution in [3.63, 3.8) is 0 Å². The fourth-order valence-corrected chi connectivity index (χ4v) is 1.62. The van der Waals surface area contributed by atoms with Gasteiger partial charge in [0, 0.05) is 18.8 Å². The number of rotatable bonds is 6. The van der Waals surface area contributed by atoms with Crippen LogP contribution in [-0.4, -0.2) is 16.6 Å². The molecule has 0 aliphatic rings. The Morgan fingerprint density at radius 2 is 2.06 bits per heavy atom. The molecule has 0 saturated heterocycles. The minimum Gasteiger partial charge on any atom is -0.494 e. The molecular formula is C13H16N4O. The lowest BCUT2D eigenvalue weighted by Crippen LogP contribution is -2.30. The Bertz CT molecular complexity index is 449. The minimum atomic E-state index is -0.0533. The molecule has 5 nitrogen and oxygen atoms in total. The third kappa shape index (κ3) is 3.51. The highest BCUT2D eigenvalue weighted by Gasteiger charge is 2.10. The molecule has 1 aromatic heterocycles. The van der Waals surface area contributed by atoms with Crippen molar-refractivity contribution >= 4 is 0 Å². The van der Waals surface area contributed by atoms with Gasteiger partial charge in [-0.2, -0.15) is 0 Å². The lowest BCUT2D eigenvalue weighted by Gasteiger charge is -2.15. The van der Waals surface area contributed by atoms with Crippen LogP contribution in [-0.2, 0) is 0 Å². The summed E-state index contributed by atoms with van der Waals surface area (Å²) >= 11 is 0. The van der Waals surface area contributed by atoms with Crippen LogP contribution < -0.4 is 16.0 Å². The molecule has 1 aromatic carbocycles. The van der Waals surface area contributed by atoms with Crippen LogP contribution in [0.2, 0.25) is 0 Å². The predicted molar refractivity (Wildman–Crippen MR) is 68.7 cm³/mol. The Morgan fingerprint density at radius 1 is 1.22 bits per heavy atom. The number of aromatic nitrogens is 2. The lowest BCUT2D eigenvalue weighted by molar-refractivity contribution is 0.285. The molecule has 0 aliphatic heterocycles. The van der Waals surface area contributed by atoms with E-state index < -0.39 is 0 Å². The molecule has 5 heteroatoms. The van der Waals surface area contributed by atoms with Crippen molar-refractivity contribution in [2.24, 2.45) is 5.84 Å². The van der Waals surface area contributed by atoms with Gasteiger partial charge in [0.25, 0.3) is 0 Å². The molecule has 0 aliphatic carbocycles. The van der Waals surface area contributed by atoms with E-state index >= 15 is 0 Å². The predicted octanol–water partition coefficient (Wildman–Crippen LogP) is 1.45. The van der Waals surface area contributed by atoms with Crippen LogP contribution in [0.1, 0.15) is 18.2 Å². The first kappa shape index (κ1) is 12.5. The molecule has 2 aromatic rings. The maximum absolute atomic E-state index is 5.62. The number of hydrogen-bond acceptors (Lipinski definition) is 5. The van der Waals surface area contributed by atoms with Gasteiger partial charge in [0.05, 0.1) is 24.5 Å². The molecule has 0 fully saturated rings. The largest absolute Gasteiger partial charge is 0.494 e. The van der Waals surface area contributed by atoms with Gasteiger partial charge >= 0.3 is 0 Å². The molecule has 1 unspecified atom stereocenters. The van der Waals surface area contributed by atoms with Crippen LogP contribution in [0.15, 0.2) is 48.9 Å². The topological polar surface area (TPSA) is 73.1 Å². The van der Waals surface area contributed by atoms with E-state index in [1.54, 1.807) is 18.6 Å². The number of ether oxygens (including phenoxy) is 1. The molecule has 1 atom stereocenters. The molecule has 0 radical (unpaired) electrons. The van der Waals surface area contributed by atoms with E-state index in [9.17, 15) is 0 Å². The molecule has 0 amide bonds. The fraction of sp³-hybridized carbons (Fsp3) is 0.231. The van der Waals surface area contributed by atoms with E-state index in [2.05, 4.69) is 15.4 Å². The van der Waals surface area contributed by atoms with Gasteiger partial charge in [-0.3, -0.25) is 21.2 Å². The Morgan fingerprint density at radius 3 is 2.72 bits per heavy atom. The molecule has 1 heterocycles. The van der Waals surface area contributed by atoms with Gasteiger partial charge in [0.15, 0.2) is 0 Å². The zero-order chi connectivity index (χ0) is 12.6.